The fourth-order valence-electron chi connectivity index (χ4n) is 9.46. The first kappa shape index (κ1) is 47.3. The maximum absolute atomic E-state index is 2.41. The maximum Gasteiger partial charge on any atom is 0.0464 e. The van der Waals surface area contributed by atoms with Crippen LogP contribution in [0.25, 0.3) is 0 Å². The molecule has 0 N–H and O–H groups in total. The quantitative estimate of drug-likeness (QED) is 0.121. The minimum absolute atomic E-state index is 1.11. The van der Waals surface area contributed by atoms with E-state index < -0.39 is 0 Å². The largest absolute Gasteiger partial charge is 0.311 e. The van der Waals surface area contributed by atoms with Crippen LogP contribution in [-0.2, 0) is 25.7 Å². The van der Waals surface area contributed by atoms with Gasteiger partial charge < -0.3 is 19.6 Å². The minimum atomic E-state index is 1.11. The predicted molar refractivity (Wildman–Crippen MR) is 302 cm³/mol. The molecule has 2 aliphatic carbocycles. The molecule has 70 heavy (non-hydrogen) atoms. The third kappa shape index (κ3) is 9.86. The first-order chi connectivity index (χ1) is 34.3. The first-order valence-electron chi connectivity index (χ1n) is 25.3. The lowest BCUT2D eigenvalue weighted by Crippen LogP contribution is -2.16. The van der Waals surface area contributed by atoms with Gasteiger partial charge in [-0.3, -0.25) is 0 Å². The molecule has 0 spiro atoms. The van der Waals surface area contributed by atoms with E-state index in [1.165, 1.54) is 55.9 Å². The number of benzene rings is 9. The summed E-state index contributed by atoms with van der Waals surface area (Å²) < 4.78 is 0. The average Bonchev–Trinajstić information content (AvgIpc) is 3.38. The second-order valence-corrected chi connectivity index (χ2v) is 18.1. The molecule has 0 saturated carbocycles. The van der Waals surface area contributed by atoms with Crippen LogP contribution in [0, 0.1) is 27.7 Å². The van der Waals surface area contributed by atoms with Crippen LogP contribution in [-0.4, -0.2) is 0 Å². The Kier molecular flexibility index (Phi) is 14.3. The van der Waals surface area contributed by atoms with E-state index in [0.717, 1.165) is 82.6 Å². The predicted octanol–water partition coefficient (Wildman–Crippen LogP) is 19.0. The van der Waals surface area contributed by atoms with Crippen molar-refractivity contribution in [2.45, 2.75) is 81.1 Å². The van der Waals surface area contributed by atoms with Crippen LogP contribution >= 0.6 is 0 Å². The van der Waals surface area contributed by atoms with Gasteiger partial charge in [0, 0.05) is 68.2 Å². The highest BCUT2D eigenvalue weighted by Gasteiger charge is 2.23. The molecule has 0 saturated heterocycles. The Labute approximate surface area is 417 Å². The van der Waals surface area contributed by atoms with Crippen LogP contribution in [0.5, 0.6) is 0 Å². The zero-order chi connectivity index (χ0) is 48.7. The third-order valence-corrected chi connectivity index (χ3v) is 13.5. The number of hydrogen-bond donors (Lipinski definition) is 0. The number of hydrogen-bond acceptors (Lipinski definition) is 4. The van der Waals surface area contributed by atoms with Crippen molar-refractivity contribution in [1.29, 1.82) is 0 Å². The fraction of sp³-hybridized carbons (Fsp3) is 0.182. The van der Waals surface area contributed by atoms with E-state index in [9.17, 15) is 0 Å². The van der Waals surface area contributed by atoms with Gasteiger partial charge in [-0.15, -0.1) is 0 Å². The summed E-state index contributed by atoms with van der Waals surface area (Å²) in [6, 6.07) is 76.4. The summed E-state index contributed by atoms with van der Waals surface area (Å²) in [4.78, 5) is 9.49. The number of rotatable bonds is 12. The van der Waals surface area contributed by atoms with Crippen molar-refractivity contribution in [1.82, 2.24) is 0 Å². The molecule has 0 aromatic heterocycles. The van der Waals surface area contributed by atoms with Crippen LogP contribution in [0.1, 0.15) is 72.2 Å². The standard InChI is InChI=1S/C62H54N4.2C2H6/c1-43-5-19-51(20-6-43)63(52-21-7-44(2)8-22-52)55-29-33-57(34-30-55)65(61-27-17-47-13-15-49(47)41-61)59-37-39-60(40-38-59)66(62-28-18-48-14-16-50(48)42-62)58-35-31-56(32-36-58)64(53-23-9-45(3)10-24-53)54-25-11-46(4)12-26-54;2*1-2/h5-12,17-42H,13-16H2,1-4H3;2*1-2H3. The van der Waals surface area contributed by atoms with Crippen LogP contribution in [0.2, 0.25) is 0 Å². The summed E-state index contributed by atoms with van der Waals surface area (Å²) in [6.07, 6.45) is 4.56. The molecule has 0 radical (unpaired) electrons. The monoisotopic (exact) mass is 915 g/mol. The van der Waals surface area contributed by atoms with Gasteiger partial charge in [0.2, 0.25) is 0 Å². The summed E-state index contributed by atoms with van der Waals surface area (Å²) >= 11 is 0. The molecular formula is C66H66N4. The van der Waals surface area contributed by atoms with Crippen LogP contribution in [0.3, 0.4) is 0 Å². The van der Waals surface area contributed by atoms with Gasteiger partial charge in [0.1, 0.15) is 0 Å². The second-order valence-electron chi connectivity index (χ2n) is 18.1. The summed E-state index contributed by atoms with van der Waals surface area (Å²) in [6.45, 7) is 16.6. The second kappa shape index (κ2) is 21.2. The summed E-state index contributed by atoms with van der Waals surface area (Å²) in [5, 5.41) is 0. The van der Waals surface area contributed by atoms with Crippen molar-refractivity contribution >= 4 is 68.2 Å². The van der Waals surface area contributed by atoms with Crippen molar-refractivity contribution in [3.8, 4) is 0 Å². The van der Waals surface area contributed by atoms with Crippen molar-refractivity contribution < 1.29 is 0 Å². The number of aryl methyl sites for hydroxylation is 8. The van der Waals surface area contributed by atoms with Gasteiger partial charge in [-0.2, -0.15) is 0 Å². The molecule has 350 valence electrons. The van der Waals surface area contributed by atoms with Crippen LogP contribution < -0.4 is 19.6 Å². The van der Waals surface area contributed by atoms with Crippen LogP contribution in [0.15, 0.2) is 206 Å². The van der Waals surface area contributed by atoms with Gasteiger partial charge in [-0.25, -0.2) is 0 Å². The highest BCUT2D eigenvalue weighted by Crippen LogP contribution is 2.44. The molecule has 0 fully saturated rings. The summed E-state index contributed by atoms with van der Waals surface area (Å²) in [7, 11) is 0. The lowest BCUT2D eigenvalue weighted by Gasteiger charge is -2.31. The van der Waals surface area contributed by atoms with Gasteiger partial charge in [0.05, 0.1) is 0 Å². The SMILES string of the molecule is CC.CC.Cc1ccc(N(c2ccc(C)cc2)c2ccc(N(c3ccc(N(c4ccc(N(c5ccc(C)cc5)c5ccc(C)cc5)cc4)c4ccc5c(c4)CC5)cc3)c3ccc4c(c3)CC4)cc2)cc1. The molecule has 0 amide bonds. The minimum Gasteiger partial charge on any atom is -0.311 e. The molecule has 0 unspecified atom stereocenters. The van der Waals surface area contributed by atoms with Gasteiger partial charge in [0.15, 0.2) is 0 Å². The molecule has 9 aromatic carbocycles. The molecule has 9 aromatic rings. The number of fused-ring (bicyclic) bond motifs is 2. The van der Waals surface area contributed by atoms with Gasteiger partial charge >= 0.3 is 0 Å². The molecule has 4 nitrogen and oxygen atoms in total. The van der Waals surface area contributed by atoms with Crippen molar-refractivity contribution in [3.63, 3.8) is 0 Å². The Balaban J connectivity index is 0.00000148. The Morgan fingerprint density at radius 2 is 0.357 bits per heavy atom. The van der Waals surface area contributed by atoms with Gasteiger partial charge in [0.25, 0.3) is 0 Å². The molecular weight excluding hydrogens is 849 g/mol. The summed E-state index contributed by atoms with van der Waals surface area (Å²) in [5.41, 5.74) is 24.3. The van der Waals surface area contributed by atoms with E-state index in [1.807, 2.05) is 27.7 Å². The molecule has 0 bridgehead atoms. The van der Waals surface area contributed by atoms with Crippen molar-refractivity contribution in [2.75, 3.05) is 19.6 Å². The van der Waals surface area contributed by atoms with Gasteiger partial charge in [-0.1, -0.05) is 111 Å². The molecule has 4 heteroatoms. The number of nitrogens with zero attached hydrogens (tertiary/aromatic N) is 4. The molecule has 0 heterocycles. The van der Waals surface area contributed by atoms with E-state index in [0.29, 0.717) is 0 Å². The van der Waals surface area contributed by atoms with Crippen molar-refractivity contribution in [3.05, 3.63) is 251 Å². The maximum atomic E-state index is 2.41. The molecule has 2 aliphatic rings. The first-order valence-corrected chi connectivity index (χ1v) is 25.3. The van der Waals surface area contributed by atoms with Crippen molar-refractivity contribution in [2.24, 2.45) is 0 Å². The van der Waals surface area contributed by atoms with E-state index >= 15 is 0 Å². The molecule has 11 rings (SSSR count). The molecule has 0 aliphatic heterocycles. The normalized spacial score (nSPS) is 11.8. The van der Waals surface area contributed by atoms with E-state index in [4.69, 9.17) is 0 Å². The topological polar surface area (TPSA) is 13.0 Å². The lowest BCUT2D eigenvalue weighted by atomic mass is 9.88. The highest BCUT2D eigenvalue weighted by molar-refractivity contribution is 5.85. The summed E-state index contributed by atoms with van der Waals surface area (Å²) in [5.74, 6) is 0. The average molecular weight is 915 g/mol. The van der Waals surface area contributed by atoms with Gasteiger partial charge in [-0.05, 0) is 221 Å². The smallest absolute Gasteiger partial charge is 0.0464 e. The zero-order valence-electron chi connectivity index (χ0n) is 42.2. The Bertz CT molecular complexity index is 2830. The Hall–Kier alpha value is -7.82. The van der Waals surface area contributed by atoms with Crippen LogP contribution in [0.4, 0.5) is 68.2 Å². The third-order valence-electron chi connectivity index (χ3n) is 13.5. The zero-order valence-corrected chi connectivity index (χ0v) is 42.2. The highest BCUT2D eigenvalue weighted by atomic mass is 15.2. The fourth-order valence-corrected chi connectivity index (χ4v) is 9.46. The van der Waals surface area contributed by atoms with E-state index in [2.05, 4.69) is 254 Å². The lowest BCUT2D eigenvalue weighted by molar-refractivity contribution is 0.839. The Morgan fingerprint density at radius 3 is 0.529 bits per heavy atom. The van der Waals surface area contributed by atoms with E-state index in [-0.39, 0.29) is 0 Å². The Morgan fingerprint density at radius 1 is 0.200 bits per heavy atom. The number of anilines is 12. The van der Waals surface area contributed by atoms with E-state index in [1.54, 1.807) is 0 Å². The molecule has 0 atom stereocenters.